The van der Waals surface area contributed by atoms with E-state index < -0.39 is 17.9 Å². The van der Waals surface area contributed by atoms with E-state index in [0.717, 1.165) is 5.56 Å². The van der Waals surface area contributed by atoms with Gasteiger partial charge in [-0.05, 0) is 25.5 Å². The number of carboxylic acids is 1. The van der Waals surface area contributed by atoms with Gasteiger partial charge in [0.2, 0.25) is 5.91 Å². The first-order valence-electron chi connectivity index (χ1n) is 6.81. The van der Waals surface area contributed by atoms with E-state index >= 15 is 0 Å². The third-order valence-corrected chi connectivity index (χ3v) is 2.93. The first kappa shape index (κ1) is 16.7. The normalized spacial score (nSPS) is 11.5. The molecule has 0 aromatic heterocycles. The molecule has 0 aliphatic heterocycles. The summed E-state index contributed by atoms with van der Waals surface area (Å²) in [5.74, 6) is -1.96. The average Bonchev–Trinajstić information content (AvgIpc) is 2.45. The highest BCUT2D eigenvalue weighted by Crippen LogP contribution is 2.02. The van der Waals surface area contributed by atoms with Gasteiger partial charge in [0, 0.05) is 5.56 Å². The van der Waals surface area contributed by atoms with Gasteiger partial charge in [0.25, 0.3) is 5.91 Å². The monoisotopic (exact) mass is 292 g/mol. The molecule has 0 fully saturated rings. The summed E-state index contributed by atoms with van der Waals surface area (Å²) in [6.07, 6.45) is 1.000. The molecule has 1 rings (SSSR count). The van der Waals surface area contributed by atoms with Crippen LogP contribution < -0.4 is 10.6 Å². The van der Waals surface area contributed by atoms with Gasteiger partial charge in [0.1, 0.15) is 6.04 Å². The zero-order valence-electron chi connectivity index (χ0n) is 12.2. The van der Waals surface area contributed by atoms with Gasteiger partial charge < -0.3 is 15.7 Å². The molecular weight excluding hydrogens is 272 g/mol. The molecule has 2 amide bonds. The van der Waals surface area contributed by atoms with Gasteiger partial charge in [0.15, 0.2) is 0 Å². The topological polar surface area (TPSA) is 95.5 Å². The number of hydrogen-bond acceptors (Lipinski definition) is 3. The van der Waals surface area contributed by atoms with Crippen LogP contribution in [0, 0.1) is 6.92 Å². The Kier molecular flexibility index (Phi) is 6.39. The lowest BCUT2D eigenvalue weighted by atomic mass is 10.1. The van der Waals surface area contributed by atoms with Crippen molar-refractivity contribution in [2.45, 2.75) is 32.7 Å². The zero-order valence-corrected chi connectivity index (χ0v) is 12.2. The highest BCUT2D eigenvalue weighted by atomic mass is 16.4. The van der Waals surface area contributed by atoms with Gasteiger partial charge in [-0.15, -0.1) is 0 Å². The minimum atomic E-state index is -1.07. The Morgan fingerprint density at radius 3 is 2.33 bits per heavy atom. The largest absolute Gasteiger partial charge is 0.480 e. The van der Waals surface area contributed by atoms with Crippen molar-refractivity contribution in [3.63, 3.8) is 0 Å². The van der Waals surface area contributed by atoms with Crippen molar-refractivity contribution in [1.29, 1.82) is 0 Å². The lowest BCUT2D eigenvalue weighted by molar-refractivity contribution is -0.141. The van der Waals surface area contributed by atoms with E-state index in [1.54, 1.807) is 24.3 Å². The summed E-state index contributed by atoms with van der Waals surface area (Å²) in [5.41, 5.74) is 1.49. The second-order valence-corrected chi connectivity index (χ2v) is 4.80. The molecule has 0 aliphatic carbocycles. The Morgan fingerprint density at radius 2 is 1.81 bits per heavy atom. The lowest BCUT2D eigenvalue weighted by Gasteiger charge is -2.13. The Bertz CT molecular complexity index is 511. The maximum absolute atomic E-state index is 11.8. The summed E-state index contributed by atoms with van der Waals surface area (Å²) >= 11 is 0. The highest BCUT2D eigenvalue weighted by Gasteiger charge is 2.18. The van der Waals surface area contributed by atoms with Gasteiger partial charge in [-0.1, -0.05) is 31.0 Å². The SMILES string of the molecule is CCCC(NC(=O)CNC(=O)c1ccc(C)cc1)C(=O)O. The summed E-state index contributed by atoms with van der Waals surface area (Å²) in [7, 11) is 0. The predicted molar refractivity (Wildman–Crippen MR) is 78.0 cm³/mol. The van der Waals surface area contributed by atoms with Gasteiger partial charge in [-0.2, -0.15) is 0 Å². The first-order valence-corrected chi connectivity index (χ1v) is 6.81. The number of benzene rings is 1. The van der Waals surface area contributed by atoms with Crippen molar-refractivity contribution in [1.82, 2.24) is 10.6 Å². The van der Waals surface area contributed by atoms with Crippen molar-refractivity contribution in [3.8, 4) is 0 Å². The summed E-state index contributed by atoms with van der Waals surface area (Å²) in [6, 6.07) is 6.02. The number of rotatable bonds is 7. The lowest BCUT2D eigenvalue weighted by Crippen LogP contribution is -2.45. The third kappa shape index (κ3) is 5.64. The number of aryl methyl sites for hydroxylation is 1. The van der Waals surface area contributed by atoms with Crippen molar-refractivity contribution < 1.29 is 19.5 Å². The molecule has 0 radical (unpaired) electrons. The van der Waals surface area contributed by atoms with E-state index in [1.165, 1.54) is 0 Å². The fourth-order valence-electron chi connectivity index (χ4n) is 1.76. The fraction of sp³-hybridized carbons (Fsp3) is 0.400. The van der Waals surface area contributed by atoms with E-state index in [1.807, 2.05) is 13.8 Å². The van der Waals surface area contributed by atoms with E-state index in [4.69, 9.17) is 5.11 Å². The van der Waals surface area contributed by atoms with Crippen molar-refractivity contribution in [2.75, 3.05) is 6.54 Å². The smallest absolute Gasteiger partial charge is 0.326 e. The van der Waals surface area contributed by atoms with Gasteiger partial charge in [-0.3, -0.25) is 9.59 Å². The summed E-state index contributed by atoms with van der Waals surface area (Å²) in [6.45, 7) is 3.50. The Labute approximate surface area is 123 Å². The van der Waals surface area contributed by atoms with Gasteiger partial charge in [-0.25, -0.2) is 4.79 Å². The molecule has 0 aliphatic rings. The number of carbonyl (C=O) groups excluding carboxylic acids is 2. The van der Waals surface area contributed by atoms with Crippen LogP contribution in [0.4, 0.5) is 0 Å². The Morgan fingerprint density at radius 1 is 1.19 bits per heavy atom. The minimum absolute atomic E-state index is 0.250. The van der Waals surface area contributed by atoms with Crippen LogP contribution in [0.2, 0.25) is 0 Å². The van der Waals surface area contributed by atoms with E-state index in [2.05, 4.69) is 10.6 Å². The molecule has 0 spiro atoms. The van der Waals surface area contributed by atoms with Crippen molar-refractivity contribution in [3.05, 3.63) is 35.4 Å². The van der Waals surface area contributed by atoms with Crippen LogP contribution in [0.3, 0.4) is 0 Å². The zero-order chi connectivity index (χ0) is 15.8. The Hall–Kier alpha value is -2.37. The quantitative estimate of drug-likeness (QED) is 0.701. The second kappa shape index (κ2) is 8.04. The number of carbonyl (C=O) groups is 3. The van der Waals surface area contributed by atoms with Crippen LogP contribution in [0.25, 0.3) is 0 Å². The molecule has 0 heterocycles. The molecule has 6 heteroatoms. The fourth-order valence-corrected chi connectivity index (χ4v) is 1.76. The molecule has 0 saturated heterocycles. The summed E-state index contributed by atoms with van der Waals surface area (Å²) in [4.78, 5) is 34.3. The molecule has 0 bridgehead atoms. The van der Waals surface area contributed by atoms with Crippen LogP contribution in [-0.2, 0) is 9.59 Å². The van der Waals surface area contributed by atoms with Crippen molar-refractivity contribution >= 4 is 17.8 Å². The number of amides is 2. The maximum Gasteiger partial charge on any atom is 0.326 e. The van der Waals surface area contributed by atoms with Crippen LogP contribution in [-0.4, -0.2) is 35.5 Å². The van der Waals surface area contributed by atoms with Crippen LogP contribution in [0.15, 0.2) is 24.3 Å². The molecule has 3 N–H and O–H groups in total. The molecule has 1 aromatic carbocycles. The van der Waals surface area contributed by atoms with E-state index in [-0.39, 0.29) is 12.5 Å². The van der Waals surface area contributed by atoms with Crippen LogP contribution in [0.1, 0.15) is 35.7 Å². The van der Waals surface area contributed by atoms with E-state index in [0.29, 0.717) is 18.4 Å². The number of carboxylic acid groups (broad SMARTS) is 1. The van der Waals surface area contributed by atoms with Gasteiger partial charge in [0.05, 0.1) is 6.54 Å². The number of nitrogens with one attached hydrogen (secondary N) is 2. The number of hydrogen-bond donors (Lipinski definition) is 3. The summed E-state index contributed by atoms with van der Waals surface area (Å²) < 4.78 is 0. The summed E-state index contributed by atoms with van der Waals surface area (Å²) in [5, 5.41) is 13.8. The molecular formula is C15H20N2O4. The molecule has 114 valence electrons. The second-order valence-electron chi connectivity index (χ2n) is 4.80. The van der Waals surface area contributed by atoms with Crippen LogP contribution >= 0.6 is 0 Å². The van der Waals surface area contributed by atoms with Gasteiger partial charge >= 0.3 is 5.97 Å². The standard InChI is InChI=1S/C15H20N2O4/c1-3-4-12(15(20)21)17-13(18)9-16-14(19)11-7-5-10(2)6-8-11/h5-8,12H,3-4,9H2,1-2H3,(H,16,19)(H,17,18)(H,20,21). The molecule has 21 heavy (non-hydrogen) atoms. The maximum atomic E-state index is 11.8. The first-order chi connectivity index (χ1) is 9.93. The van der Waals surface area contributed by atoms with E-state index in [9.17, 15) is 14.4 Å². The average molecular weight is 292 g/mol. The predicted octanol–water partition coefficient (Wildman–Crippen LogP) is 1.09. The molecule has 6 nitrogen and oxygen atoms in total. The van der Waals surface area contributed by atoms with Crippen LogP contribution in [0.5, 0.6) is 0 Å². The molecule has 0 saturated carbocycles. The molecule has 1 unspecified atom stereocenters. The third-order valence-electron chi connectivity index (χ3n) is 2.93. The number of aliphatic carboxylic acids is 1. The molecule has 1 aromatic rings. The molecule has 1 atom stereocenters. The minimum Gasteiger partial charge on any atom is -0.480 e. The highest BCUT2D eigenvalue weighted by molar-refractivity contribution is 5.96. The van der Waals surface area contributed by atoms with Crippen molar-refractivity contribution in [2.24, 2.45) is 0 Å². The Balaban J connectivity index is 2.46.